The summed E-state index contributed by atoms with van der Waals surface area (Å²) in [5.74, 6) is -0.377. The number of esters is 1. The van der Waals surface area contributed by atoms with Crippen LogP contribution in [-0.4, -0.2) is 30.8 Å². The number of methoxy groups -OCH3 is 1. The van der Waals surface area contributed by atoms with Gasteiger partial charge >= 0.3 is 5.97 Å². The van der Waals surface area contributed by atoms with E-state index in [-0.39, 0.29) is 5.97 Å². The minimum atomic E-state index is -0.377. The van der Waals surface area contributed by atoms with Crippen LogP contribution in [0.15, 0.2) is 28.3 Å². The Bertz CT molecular complexity index is 390. The Kier molecular flexibility index (Phi) is 4.17. The Morgan fingerprint density at radius 2 is 2.33 bits per heavy atom. The number of carbonyl (C=O) groups excluding carboxylic acids is 1. The first kappa shape index (κ1) is 11.6. The van der Waals surface area contributed by atoms with Gasteiger partial charge in [-0.3, -0.25) is 0 Å². The molecule has 0 spiro atoms. The number of carbonyl (C=O) groups is 1. The molecule has 0 fully saturated rings. The summed E-state index contributed by atoms with van der Waals surface area (Å²) in [5, 5.41) is 11.4. The van der Waals surface area contributed by atoms with E-state index < -0.39 is 0 Å². The lowest BCUT2D eigenvalue weighted by Crippen LogP contribution is -2.02. The monoisotopic (exact) mass is 225 g/mol. The van der Waals surface area contributed by atoms with Gasteiger partial charge in [0.05, 0.1) is 18.9 Å². The summed E-state index contributed by atoms with van der Waals surface area (Å²) in [6.45, 7) is 0. The van der Waals surface area contributed by atoms with Gasteiger partial charge in [-0.2, -0.15) is 0 Å². The molecule has 0 aliphatic heterocycles. The quantitative estimate of drug-likeness (QED) is 0.281. The molecule has 0 unspecified atom stereocenters. The highest BCUT2D eigenvalue weighted by Gasteiger charge is 2.08. The van der Waals surface area contributed by atoms with Crippen LogP contribution in [0.25, 0.3) is 0 Å². The normalized spacial score (nSPS) is 10.5. The molecule has 0 aliphatic carbocycles. The third kappa shape index (κ3) is 2.73. The lowest BCUT2D eigenvalue weighted by Gasteiger charge is -2.04. The third-order valence-electron chi connectivity index (χ3n) is 1.85. The highest BCUT2D eigenvalue weighted by molar-refractivity contribution is 7.98. The molecule has 4 nitrogen and oxygen atoms in total. The van der Waals surface area contributed by atoms with Gasteiger partial charge in [-0.05, 0) is 18.4 Å². The summed E-state index contributed by atoms with van der Waals surface area (Å²) in [6.07, 6.45) is 3.21. The van der Waals surface area contributed by atoms with Crippen LogP contribution >= 0.6 is 11.8 Å². The lowest BCUT2D eigenvalue weighted by atomic mass is 10.1. The van der Waals surface area contributed by atoms with Crippen LogP contribution in [0.3, 0.4) is 0 Å². The van der Waals surface area contributed by atoms with Crippen molar-refractivity contribution in [3.63, 3.8) is 0 Å². The van der Waals surface area contributed by atoms with E-state index in [1.807, 2.05) is 6.26 Å². The molecular weight excluding hydrogens is 214 g/mol. The Morgan fingerprint density at radius 1 is 1.60 bits per heavy atom. The van der Waals surface area contributed by atoms with Gasteiger partial charge in [0.2, 0.25) is 0 Å². The number of nitrogens with zero attached hydrogens (tertiary/aromatic N) is 1. The molecule has 0 aromatic heterocycles. The van der Waals surface area contributed by atoms with Crippen LogP contribution in [0.5, 0.6) is 0 Å². The van der Waals surface area contributed by atoms with Crippen molar-refractivity contribution in [1.29, 1.82) is 0 Å². The Hall–Kier alpha value is -1.49. The Balaban J connectivity index is 3.12. The van der Waals surface area contributed by atoms with E-state index >= 15 is 0 Å². The molecule has 1 aromatic carbocycles. The van der Waals surface area contributed by atoms with Gasteiger partial charge in [-0.15, -0.1) is 11.8 Å². The molecule has 0 saturated carbocycles. The molecule has 0 bridgehead atoms. The van der Waals surface area contributed by atoms with Crippen molar-refractivity contribution in [2.45, 2.75) is 4.90 Å². The van der Waals surface area contributed by atoms with Gasteiger partial charge in [0.25, 0.3) is 0 Å². The Morgan fingerprint density at radius 3 is 2.87 bits per heavy atom. The van der Waals surface area contributed by atoms with Crippen LogP contribution in [0.4, 0.5) is 0 Å². The minimum Gasteiger partial charge on any atom is -0.465 e. The molecule has 1 aromatic rings. The summed E-state index contributed by atoms with van der Waals surface area (Å²) in [4.78, 5) is 12.1. The number of rotatable bonds is 3. The molecule has 1 rings (SSSR count). The number of hydrogen-bond acceptors (Lipinski definition) is 5. The summed E-state index contributed by atoms with van der Waals surface area (Å²) in [7, 11) is 1.34. The van der Waals surface area contributed by atoms with Crippen LogP contribution < -0.4 is 0 Å². The van der Waals surface area contributed by atoms with E-state index in [9.17, 15) is 4.79 Å². The van der Waals surface area contributed by atoms with Gasteiger partial charge < -0.3 is 9.94 Å². The average molecular weight is 225 g/mol. The zero-order valence-electron chi connectivity index (χ0n) is 8.43. The molecule has 0 heterocycles. The first-order valence-electron chi connectivity index (χ1n) is 4.16. The maximum atomic E-state index is 11.2. The molecule has 1 N–H and O–H groups in total. The summed E-state index contributed by atoms with van der Waals surface area (Å²) in [6, 6.07) is 5.04. The summed E-state index contributed by atoms with van der Waals surface area (Å²) < 4.78 is 4.60. The average Bonchev–Trinajstić information content (AvgIpc) is 2.29. The summed E-state index contributed by atoms with van der Waals surface area (Å²) >= 11 is 1.47. The van der Waals surface area contributed by atoms with Crippen molar-refractivity contribution < 1.29 is 14.7 Å². The second kappa shape index (κ2) is 5.41. The van der Waals surface area contributed by atoms with Gasteiger partial charge in [-0.25, -0.2) is 4.79 Å². The number of hydrogen-bond donors (Lipinski definition) is 1. The van der Waals surface area contributed by atoms with E-state index in [2.05, 4.69) is 9.89 Å². The van der Waals surface area contributed by atoms with E-state index in [4.69, 9.17) is 5.21 Å². The van der Waals surface area contributed by atoms with Crippen LogP contribution in [0.2, 0.25) is 0 Å². The molecule has 80 valence electrons. The van der Waals surface area contributed by atoms with E-state index in [0.29, 0.717) is 5.56 Å². The van der Waals surface area contributed by atoms with Gasteiger partial charge in [0, 0.05) is 10.5 Å². The van der Waals surface area contributed by atoms with Crippen molar-refractivity contribution in [2.24, 2.45) is 5.16 Å². The molecule has 0 amide bonds. The SMILES string of the molecule is COC(=O)c1ccc(/C=N/O)c(SC)c1. The van der Waals surface area contributed by atoms with Gasteiger partial charge in [0.1, 0.15) is 0 Å². The van der Waals surface area contributed by atoms with E-state index in [1.54, 1.807) is 18.2 Å². The van der Waals surface area contributed by atoms with Crippen molar-refractivity contribution in [2.75, 3.05) is 13.4 Å². The minimum absolute atomic E-state index is 0.377. The fourth-order valence-corrected chi connectivity index (χ4v) is 1.73. The first-order valence-corrected chi connectivity index (χ1v) is 5.39. The second-order valence-electron chi connectivity index (χ2n) is 2.69. The molecule has 0 radical (unpaired) electrons. The zero-order valence-corrected chi connectivity index (χ0v) is 9.25. The predicted octanol–water partition coefficient (Wildman–Crippen LogP) is 2.00. The lowest BCUT2D eigenvalue weighted by molar-refractivity contribution is 0.0600. The number of ether oxygens (including phenoxy) is 1. The first-order chi connectivity index (χ1) is 7.22. The molecule has 0 saturated heterocycles. The number of thioether (sulfide) groups is 1. The third-order valence-corrected chi connectivity index (χ3v) is 2.64. The van der Waals surface area contributed by atoms with Crippen molar-refractivity contribution in [1.82, 2.24) is 0 Å². The largest absolute Gasteiger partial charge is 0.465 e. The number of benzene rings is 1. The van der Waals surface area contributed by atoms with Crippen LogP contribution in [0, 0.1) is 0 Å². The van der Waals surface area contributed by atoms with Crippen LogP contribution in [0.1, 0.15) is 15.9 Å². The van der Waals surface area contributed by atoms with Gasteiger partial charge in [0.15, 0.2) is 0 Å². The fraction of sp³-hybridized carbons (Fsp3) is 0.200. The van der Waals surface area contributed by atoms with E-state index in [1.165, 1.54) is 25.1 Å². The fourth-order valence-electron chi connectivity index (χ4n) is 1.12. The molecular formula is C10H11NO3S. The highest BCUT2D eigenvalue weighted by Crippen LogP contribution is 2.21. The van der Waals surface area contributed by atoms with Crippen molar-refractivity contribution >= 4 is 23.9 Å². The molecule has 15 heavy (non-hydrogen) atoms. The molecule has 0 aliphatic rings. The highest BCUT2D eigenvalue weighted by atomic mass is 32.2. The van der Waals surface area contributed by atoms with Gasteiger partial charge in [-0.1, -0.05) is 11.2 Å². The maximum Gasteiger partial charge on any atom is 0.337 e. The van der Waals surface area contributed by atoms with E-state index in [0.717, 1.165) is 10.5 Å². The maximum absolute atomic E-state index is 11.2. The standard InChI is InChI=1S/C10H11NO3S/c1-14-10(12)7-3-4-8(6-11-13)9(5-7)15-2/h3-6,13H,1-2H3/b11-6+. The predicted molar refractivity (Wildman–Crippen MR) is 58.9 cm³/mol. The molecule has 5 heteroatoms. The Labute approximate surface area is 91.9 Å². The smallest absolute Gasteiger partial charge is 0.337 e. The topological polar surface area (TPSA) is 58.9 Å². The number of oxime groups is 1. The van der Waals surface area contributed by atoms with Crippen molar-refractivity contribution in [3.05, 3.63) is 29.3 Å². The van der Waals surface area contributed by atoms with Crippen molar-refractivity contribution in [3.8, 4) is 0 Å². The molecule has 0 atom stereocenters. The van der Waals surface area contributed by atoms with Crippen LogP contribution in [-0.2, 0) is 4.74 Å². The summed E-state index contributed by atoms with van der Waals surface area (Å²) in [5.41, 5.74) is 1.24. The zero-order chi connectivity index (χ0) is 11.3. The second-order valence-corrected chi connectivity index (χ2v) is 3.54.